The number of nitrogens with two attached hydrogens (primary N) is 1. The van der Waals surface area contributed by atoms with Gasteiger partial charge in [-0.25, -0.2) is 4.79 Å². The van der Waals surface area contributed by atoms with E-state index in [9.17, 15) is 4.79 Å². The van der Waals surface area contributed by atoms with Gasteiger partial charge in [0, 0.05) is 12.3 Å². The van der Waals surface area contributed by atoms with Crippen LogP contribution in [0.2, 0.25) is 0 Å². The van der Waals surface area contributed by atoms with Crippen molar-refractivity contribution in [1.82, 2.24) is 0 Å². The number of rotatable bonds is 3. The molecule has 0 radical (unpaired) electrons. The van der Waals surface area contributed by atoms with Crippen LogP contribution in [0.15, 0.2) is 17.1 Å². The third-order valence-electron chi connectivity index (χ3n) is 2.13. The Labute approximate surface area is 83.8 Å². The van der Waals surface area contributed by atoms with E-state index in [2.05, 4.69) is 15.8 Å². The van der Waals surface area contributed by atoms with Crippen LogP contribution in [-0.2, 0) is 9.53 Å². The summed E-state index contributed by atoms with van der Waals surface area (Å²) in [7, 11) is 1.35. The van der Waals surface area contributed by atoms with Crippen molar-refractivity contribution in [3.05, 3.63) is 12.2 Å². The summed E-state index contributed by atoms with van der Waals surface area (Å²) >= 11 is 0. The summed E-state index contributed by atoms with van der Waals surface area (Å²) in [6, 6.07) is -0.544. The van der Waals surface area contributed by atoms with Crippen molar-refractivity contribution >= 4 is 11.7 Å². The number of esters is 1. The smallest absolute Gasteiger partial charge is 0.331 e. The Kier molecular flexibility index (Phi) is 4.32. The van der Waals surface area contributed by atoms with Gasteiger partial charge in [0.05, 0.1) is 7.11 Å². The highest BCUT2D eigenvalue weighted by Crippen LogP contribution is 2.08. The van der Waals surface area contributed by atoms with Crippen molar-refractivity contribution in [1.29, 1.82) is 0 Å². The minimum Gasteiger partial charge on any atom is -0.467 e. The lowest BCUT2D eigenvalue weighted by Crippen LogP contribution is -2.30. The monoisotopic (exact) mass is 196 g/mol. The maximum absolute atomic E-state index is 11.2. The molecule has 0 aromatic rings. The average molecular weight is 196 g/mol. The number of methoxy groups -OCH3 is 1. The molecule has 2 N–H and O–H groups in total. The van der Waals surface area contributed by atoms with Gasteiger partial charge in [-0.15, -0.1) is 0 Å². The number of carbonyl (C=O) groups excluding carboxylic acids is 1. The summed E-state index contributed by atoms with van der Waals surface area (Å²) in [5.41, 5.74) is 6.38. The Hall–Kier alpha value is -1.16. The molecule has 0 heterocycles. The molecule has 0 bridgehead atoms. The number of ether oxygens (including phenoxy) is 1. The molecule has 1 atom stereocenters. The number of carbonyl (C=O) groups is 1. The molecule has 4 heteroatoms. The Bertz CT molecular complexity index is 259. The molecule has 0 amide bonds. The maximum Gasteiger partial charge on any atom is 0.331 e. The Morgan fingerprint density at radius 3 is 3.07 bits per heavy atom. The van der Waals surface area contributed by atoms with Gasteiger partial charge in [-0.1, -0.05) is 6.08 Å². The first-order valence-electron chi connectivity index (χ1n) is 4.79. The number of allylic oxidation sites excluding steroid dienone is 2. The third-order valence-corrected chi connectivity index (χ3v) is 2.13. The van der Waals surface area contributed by atoms with Gasteiger partial charge < -0.3 is 10.5 Å². The standard InChI is InChI=1S/C10H16N2O2/c1-14-10(13)9(7-11)12-8-5-3-2-4-6-8/h3,5,9H,2,4,6-7,11H2,1H3. The largest absolute Gasteiger partial charge is 0.467 e. The van der Waals surface area contributed by atoms with Crippen molar-refractivity contribution in [2.24, 2.45) is 10.7 Å². The fraction of sp³-hybridized carbons (Fsp3) is 0.600. The molecule has 1 unspecified atom stereocenters. The van der Waals surface area contributed by atoms with Crippen LogP contribution in [0.4, 0.5) is 0 Å². The minimum atomic E-state index is -0.544. The van der Waals surface area contributed by atoms with E-state index in [1.807, 2.05) is 6.08 Å². The van der Waals surface area contributed by atoms with E-state index in [-0.39, 0.29) is 12.5 Å². The summed E-state index contributed by atoms with van der Waals surface area (Å²) < 4.78 is 4.59. The van der Waals surface area contributed by atoms with Crippen LogP contribution in [0, 0.1) is 0 Å². The molecule has 78 valence electrons. The second-order valence-corrected chi connectivity index (χ2v) is 3.19. The molecule has 1 aliphatic rings. The Balaban J connectivity index is 2.66. The van der Waals surface area contributed by atoms with Gasteiger partial charge in [0.15, 0.2) is 6.04 Å². The van der Waals surface area contributed by atoms with Crippen molar-refractivity contribution in [3.63, 3.8) is 0 Å². The van der Waals surface area contributed by atoms with Crippen LogP contribution >= 0.6 is 0 Å². The van der Waals surface area contributed by atoms with Gasteiger partial charge >= 0.3 is 5.97 Å². The van der Waals surface area contributed by atoms with E-state index in [1.165, 1.54) is 7.11 Å². The van der Waals surface area contributed by atoms with Gasteiger partial charge in [0.2, 0.25) is 0 Å². The summed E-state index contributed by atoms with van der Waals surface area (Å²) in [5.74, 6) is -0.362. The van der Waals surface area contributed by atoms with E-state index in [4.69, 9.17) is 5.73 Å². The van der Waals surface area contributed by atoms with Crippen LogP contribution in [0.25, 0.3) is 0 Å². The lowest BCUT2D eigenvalue weighted by Gasteiger charge is -2.11. The molecule has 0 saturated carbocycles. The van der Waals surface area contributed by atoms with Crippen molar-refractivity contribution in [3.8, 4) is 0 Å². The molecule has 1 rings (SSSR count). The zero-order valence-corrected chi connectivity index (χ0v) is 8.40. The number of hydrogen-bond donors (Lipinski definition) is 1. The van der Waals surface area contributed by atoms with Crippen molar-refractivity contribution in [2.75, 3.05) is 13.7 Å². The molecular formula is C10H16N2O2. The van der Waals surface area contributed by atoms with Gasteiger partial charge in [-0.05, 0) is 25.3 Å². The number of nitrogens with zero attached hydrogens (tertiary/aromatic N) is 1. The highest BCUT2D eigenvalue weighted by atomic mass is 16.5. The molecule has 4 nitrogen and oxygen atoms in total. The predicted molar refractivity (Wildman–Crippen MR) is 55.3 cm³/mol. The predicted octanol–water partition coefficient (Wildman–Crippen LogP) is 0.668. The van der Waals surface area contributed by atoms with Crippen molar-refractivity contribution < 1.29 is 9.53 Å². The van der Waals surface area contributed by atoms with Crippen LogP contribution in [0.3, 0.4) is 0 Å². The Morgan fingerprint density at radius 1 is 1.79 bits per heavy atom. The first-order valence-corrected chi connectivity index (χ1v) is 4.79. The SMILES string of the molecule is COC(=O)C(CN)N=C1C=CCCC1. The van der Waals surface area contributed by atoms with Crippen LogP contribution in [0.1, 0.15) is 19.3 Å². The second kappa shape index (κ2) is 5.54. The summed E-state index contributed by atoms with van der Waals surface area (Å²) in [5, 5.41) is 0. The van der Waals surface area contributed by atoms with Crippen LogP contribution in [-0.4, -0.2) is 31.4 Å². The molecule has 0 fully saturated rings. The fourth-order valence-electron chi connectivity index (χ4n) is 1.35. The van der Waals surface area contributed by atoms with E-state index in [0.717, 1.165) is 25.0 Å². The topological polar surface area (TPSA) is 64.7 Å². The maximum atomic E-state index is 11.2. The third kappa shape index (κ3) is 2.96. The number of aliphatic imine (C=N–C) groups is 1. The fourth-order valence-corrected chi connectivity index (χ4v) is 1.35. The molecule has 1 aliphatic carbocycles. The van der Waals surface area contributed by atoms with E-state index >= 15 is 0 Å². The van der Waals surface area contributed by atoms with E-state index in [0.29, 0.717) is 0 Å². The highest BCUT2D eigenvalue weighted by molar-refractivity contribution is 5.97. The van der Waals surface area contributed by atoms with E-state index < -0.39 is 6.04 Å². The van der Waals surface area contributed by atoms with Gasteiger partial charge in [0.25, 0.3) is 0 Å². The molecule has 0 aromatic heterocycles. The van der Waals surface area contributed by atoms with Crippen LogP contribution in [0.5, 0.6) is 0 Å². The lowest BCUT2D eigenvalue weighted by atomic mass is 10.1. The molecular weight excluding hydrogens is 180 g/mol. The molecule has 0 spiro atoms. The van der Waals surface area contributed by atoms with Gasteiger partial charge in [0.1, 0.15) is 0 Å². The zero-order chi connectivity index (χ0) is 10.4. The zero-order valence-electron chi connectivity index (χ0n) is 8.40. The second-order valence-electron chi connectivity index (χ2n) is 3.19. The molecule has 14 heavy (non-hydrogen) atoms. The summed E-state index contributed by atoms with van der Waals surface area (Å²) in [4.78, 5) is 15.4. The molecule has 0 aromatic carbocycles. The van der Waals surface area contributed by atoms with E-state index in [1.54, 1.807) is 0 Å². The average Bonchev–Trinajstić information content (AvgIpc) is 2.26. The normalized spacial score (nSPS) is 20.9. The van der Waals surface area contributed by atoms with Gasteiger partial charge in [-0.3, -0.25) is 4.99 Å². The van der Waals surface area contributed by atoms with Gasteiger partial charge in [-0.2, -0.15) is 0 Å². The first-order chi connectivity index (χ1) is 6.77. The minimum absolute atomic E-state index is 0.198. The summed E-state index contributed by atoms with van der Waals surface area (Å²) in [6.07, 6.45) is 7.12. The molecule has 0 aliphatic heterocycles. The first kappa shape index (κ1) is 10.9. The quantitative estimate of drug-likeness (QED) is 0.675. The Morgan fingerprint density at radius 2 is 2.57 bits per heavy atom. The van der Waals surface area contributed by atoms with Crippen molar-refractivity contribution in [2.45, 2.75) is 25.3 Å². The lowest BCUT2D eigenvalue weighted by molar-refractivity contribution is -0.141. The molecule has 0 saturated heterocycles. The summed E-state index contributed by atoms with van der Waals surface area (Å²) in [6.45, 7) is 0.198. The number of hydrogen-bond acceptors (Lipinski definition) is 4. The van der Waals surface area contributed by atoms with Crippen LogP contribution < -0.4 is 5.73 Å². The highest BCUT2D eigenvalue weighted by Gasteiger charge is 2.16.